The van der Waals surface area contributed by atoms with Gasteiger partial charge in [0.05, 0.1) is 6.42 Å². The van der Waals surface area contributed by atoms with Gasteiger partial charge in [0.1, 0.15) is 5.82 Å². The van der Waals surface area contributed by atoms with E-state index in [1.54, 1.807) is 30.6 Å². The predicted molar refractivity (Wildman–Crippen MR) is 91.3 cm³/mol. The summed E-state index contributed by atoms with van der Waals surface area (Å²) in [5.41, 5.74) is 0.607. The Labute approximate surface area is 145 Å². The molecule has 0 radical (unpaired) electrons. The Bertz CT molecular complexity index is 696. The van der Waals surface area contributed by atoms with Gasteiger partial charge >= 0.3 is 0 Å². The molecule has 0 aliphatic carbocycles. The maximum Gasteiger partial charge on any atom is 0.224 e. The lowest BCUT2D eigenvalue weighted by Gasteiger charge is -2.08. The minimum Gasteiger partial charge on any atom is -0.354 e. The van der Waals surface area contributed by atoms with E-state index in [0.717, 1.165) is 0 Å². The molecule has 1 aromatic carbocycles. The molecule has 0 bridgehead atoms. The van der Waals surface area contributed by atoms with Gasteiger partial charge in [-0.05, 0) is 23.8 Å². The van der Waals surface area contributed by atoms with Crippen LogP contribution in [-0.2, 0) is 16.0 Å². The number of hydrogen-bond donors (Lipinski definition) is 3. The Morgan fingerprint density at radius 3 is 2.40 bits per heavy atom. The summed E-state index contributed by atoms with van der Waals surface area (Å²) in [5, 5.41) is 8.31. The van der Waals surface area contributed by atoms with Gasteiger partial charge in [-0.25, -0.2) is 14.4 Å². The highest BCUT2D eigenvalue weighted by atomic mass is 19.1. The minimum atomic E-state index is -0.368. The molecule has 2 aromatic rings. The Balaban J connectivity index is 1.54. The van der Waals surface area contributed by atoms with E-state index in [-0.39, 0.29) is 30.5 Å². The normalized spacial score (nSPS) is 10.1. The number of carbonyl (C=O) groups excluding carboxylic acids is 2. The van der Waals surface area contributed by atoms with Crippen LogP contribution in [0.3, 0.4) is 0 Å². The zero-order valence-electron chi connectivity index (χ0n) is 13.7. The molecule has 0 atom stereocenters. The first-order valence-corrected chi connectivity index (χ1v) is 7.92. The number of carbonyl (C=O) groups is 2. The van der Waals surface area contributed by atoms with E-state index in [4.69, 9.17) is 0 Å². The van der Waals surface area contributed by atoms with Crippen molar-refractivity contribution in [3.8, 4) is 0 Å². The lowest BCUT2D eigenvalue weighted by molar-refractivity contribution is -0.122. The summed E-state index contributed by atoms with van der Waals surface area (Å²) in [6.45, 7) is 1.06. The van der Waals surface area contributed by atoms with Crippen LogP contribution < -0.4 is 16.0 Å². The van der Waals surface area contributed by atoms with E-state index in [2.05, 4.69) is 25.9 Å². The van der Waals surface area contributed by atoms with Gasteiger partial charge in [-0.2, -0.15) is 0 Å². The van der Waals surface area contributed by atoms with Crippen LogP contribution >= 0.6 is 0 Å². The van der Waals surface area contributed by atoms with Gasteiger partial charge in [-0.1, -0.05) is 12.1 Å². The second-order valence-corrected chi connectivity index (χ2v) is 5.26. The second-order valence-electron chi connectivity index (χ2n) is 5.26. The maximum atomic E-state index is 13.0. The fraction of sp³-hybridized carbons (Fsp3) is 0.294. The van der Waals surface area contributed by atoms with Crippen molar-refractivity contribution >= 4 is 17.8 Å². The molecule has 1 aromatic heterocycles. The Hall–Kier alpha value is -3.03. The Kier molecular flexibility index (Phi) is 7.30. The molecule has 0 unspecified atom stereocenters. The molecule has 25 heavy (non-hydrogen) atoms. The van der Waals surface area contributed by atoms with Crippen molar-refractivity contribution in [1.29, 1.82) is 0 Å². The number of nitrogens with one attached hydrogen (secondary N) is 3. The summed E-state index contributed by atoms with van der Waals surface area (Å²) in [5.74, 6) is -0.252. The fourth-order valence-corrected chi connectivity index (χ4v) is 2.07. The molecule has 0 spiro atoms. The molecule has 132 valence electrons. The smallest absolute Gasteiger partial charge is 0.224 e. The van der Waals surface area contributed by atoms with Gasteiger partial charge in [0.25, 0.3) is 0 Å². The molecule has 0 fully saturated rings. The molecule has 0 saturated carbocycles. The molecular formula is C17H20FN5O2. The highest BCUT2D eigenvalue weighted by molar-refractivity contribution is 5.79. The van der Waals surface area contributed by atoms with Crippen LogP contribution in [0.15, 0.2) is 42.7 Å². The zero-order valence-corrected chi connectivity index (χ0v) is 13.7. The van der Waals surface area contributed by atoms with Crippen molar-refractivity contribution in [1.82, 2.24) is 20.6 Å². The molecule has 0 aliphatic rings. The van der Waals surface area contributed by atoms with Crippen molar-refractivity contribution in [3.63, 3.8) is 0 Å². The van der Waals surface area contributed by atoms with E-state index in [0.29, 0.717) is 31.1 Å². The summed E-state index contributed by atoms with van der Waals surface area (Å²) in [7, 11) is 0. The summed E-state index contributed by atoms with van der Waals surface area (Å²) in [6, 6.07) is 7.61. The number of halogens is 1. The third kappa shape index (κ3) is 7.38. The Morgan fingerprint density at radius 2 is 1.68 bits per heavy atom. The number of hydrogen-bond acceptors (Lipinski definition) is 5. The van der Waals surface area contributed by atoms with Crippen LogP contribution in [0.4, 0.5) is 10.3 Å². The van der Waals surface area contributed by atoms with Crippen molar-refractivity contribution < 1.29 is 14.0 Å². The zero-order chi connectivity index (χ0) is 17.9. The van der Waals surface area contributed by atoms with E-state index in [9.17, 15) is 14.0 Å². The van der Waals surface area contributed by atoms with E-state index in [1.807, 2.05) is 0 Å². The molecule has 1 heterocycles. The van der Waals surface area contributed by atoms with Gasteiger partial charge in [-0.15, -0.1) is 0 Å². The quantitative estimate of drug-likeness (QED) is 0.587. The van der Waals surface area contributed by atoms with Crippen LogP contribution in [0, 0.1) is 5.82 Å². The lowest BCUT2D eigenvalue weighted by atomic mass is 10.1. The van der Waals surface area contributed by atoms with Gasteiger partial charge in [0.15, 0.2) is 0 Å². The van der Waals surface area contributed by atoms with Crippen LogP contribution in [-0.4, -0.2) is 41.4 Å². The average Bonchev–Trinajstić information content (AvgIpc) is 2.60. The van der Waals surface area contributed by atoms with Gasteiger partial charge in [0, 0.05) is 38.4 Å². The monoisotopic (exact) mass is 345 g/mol. The van der Waals surface area contributed by atoms with Crippen LogP contribution in [0.2, 0.25) is 0 Å². The maximum absolute atomic E-state index is 13.0. The molecule has 7 nitrogen and oxygen atoms in total. The number of nitrogens with zero attached hydrogens (tertiary/aromatic N) is 2. The minimum absolute atomic E-state index is 0.104. The first kappa shape index (κ1) is 18.3. The summed E-state index contributed by atoms with van der Waals surface area (Å²) >= 11 is 0. The van der Waals surface area contributed by atoms with Crippen molar-refractivity contribution in [2.24, 2.45) is 0 Å². The number of aromatic nitrogens is 2. The van der Waals surface area contributed by atoms with E-state index in [1.165, 1.54) is 12.1 Å². The third-order valence-corrected chi connectivity index (χ3v) is 3.22. The lowest BCUT2D eigenvalue weighted by Crippen LogP contribution is -2.35. The largest absolute Gasteiger partial charge is 0.354 e. The molecule has 3 N–H and O–H groups in total. The van der Waals surface area contributed by atoms with Gasteiger partial charge in [-0.3, -0.25) is 9.59 Å². The average molecular weight is 345 g/mol. The highest BCUT2D eigenvalue weighted by Gasteiger charge is 2.05. The molecule has 0 aliphatic heterocycles. The SMILES string of the molecule is O=C(CCNc1ncccn1)NCCNC(=O)Cc1cccc(F)c1. The predicted octanol–water partition coefficient (Wildman–Crippen LogP) is 0.893. The van der Waals surface area contributed by atoms with Crippen molar-refractivity contribution in [3.05, 3.63) is 54.1 Å². The van der Waals surface area contributed by atoms with Gasteiger partial charge < -0.3 is 16.0 Å². The summed E-state index contributed by atoms with van der Waals surface area (Å²) in [6.07, 6.45) is 3.60. The topological polar surface area (TPSA) is 96.0 Å². The van der Waals surface area contributed by atoms with E-state index < -0.39 is 0 Å². The standard InChI is InChI=1S/C17H20FN5O2/c18-14-4-1-3-13(11-14)12-16(25)20-10-9-19-15(24)5-8-23-17-21-6-2-7-22-17/h1-4,6-7,11H,5,8-10,12H2,(H,19,24)(H,20,25)(H,21,22,23). The second kappa shape index (κ2) is 9.96. The highest BCUT2D eigenvalue weighted by Crippen LogP contribution is 2.03. The Morgan fingerprint density at radius 1 is 0.960 bits per heavy atom. The van der Waals surface area contributed by atoms with Crippen LogP contribution in [0.25, 0.3) is 0 Å². The molecular weight excluding hydrogens is 325 g/mol. The molecule has 2 rings (SSSR count). The number of benzene rings is 1. The number of amides is 2. The van der Waals surface area contributed by atoms with Crippen molar-refractivity contribution in [2.75, 3.05) is 25.0 Å². The summed E-state index contributed by atoms with van der Waals surface area (Å²) in [4.78, 5) is 31.4. The van der Waals surface area contributed by atoms with Crippen molar-refractivity contribution in [2.45, 2.75) is 12.8 Å². The van der Waals surface area contributed by atoms with Gasteiger partial charge in [0.2, 0.25) is 17.8 Å². The first-order valence-electron chi connectivity index (χ1n) is 7.92. The fourth-order valence-electron chi connectivity index (χ4n) is 2.07. The van der Waals surface area contributed by atoms with E-state index >= 15 is 0 Å². The number of rotatable bonds is 9. The molecule has 2 amide bonds. The summed E-state index contributed by atoms with van der Waals surface area (Å²) < 4.78 is 13.0. The van der Waals surface area contributed by atoms with Crippen LogP contribution in [0.5, 0.6) is 0 Å². The third-order valence-electron chi connectivity index (χ3n) is 3.22. The first-order chi connectivity index (χ1) is 12.1. The van der Waals surface area contributed by atoms with Crippen LogP contribution in [0.1, 0.15) is 12.0 Å². The molecule has 0 saturated heterocycles. The molecule has 8 heteroatoms. The number of anilines is 1.